The molecule has 0 radical (unpaired) electrons. The summed E-state index contributed by atoms with van der Waals surface area (Å²) in [4.78, 5) is 18.6. The summed E-state index contributed by atoms with van der Waals surface area (Å²) in [7, 11) is 1.70. The molecule has 7 heteroatoms. The Hall–Kier alpha value is -2.70. The number of nitro groups is 1. The van der Waals surface area contributed by atoms with Gasteiger partial charge in [-0.05, 0) is 25.5 Å². The van der Waals surface area contributed by atoms with Gasteiger partial charge >= 0.3 is 0 Å². The van der Waals surface area contributed by atoms with Gasteiger partial charge in [0.05, 0.1) is 11.0 Å². The van der Waals surface area contributed by atoms with Crippen LogP contribution in [0.3, 0.4) is 0 Å². The van der Waals surface area contributed by atoms with Crippen LogP contribution >= 0.6 is 0 Å². The predicted octanol–water partition coefficient (Wildman–Crippen LogP) is 2.84. The molecule has 1 N–H and O–H groups in total. The maximum atomic E-state index is 11.0. The first-order valence-electron chi connectivity index (χ1n) is 5.95. The van der Waals surface area contributed by atoms with Crippen LogP contribution in [0.4, 0.5) is 11.6 Å². The molecule has 0 aliphatic heterocycles. The molecular weight excluding hydrogens is 260 g/mol. The minimum absolute atomic E-state index is 0.0218. The Balaban J connectivity index is 2.37. The van der Waals surface area contributed by atoms with Crippen LogP contribution in [0.15, 0.2) is 24.4 Å². The molecule has 0 fully saturated rings. The van der Waals surface area contributed by atoms with Gasteiger partial charge in [0.15, 0.2) is 0 Å². The smallest absolute Gasteiger partial charge is 0.276 e. The molecule has 1 heterocycles. The van der Waals surface area contributed by atoms with E-state index in [1.54, 1.807) is 32.3 Å². The third-order valence-electron chi connectivity index (χ3n) is 2.76. The largest absolute Gasteiger partial charge is 0.438 e. The molecule has 20 heavy (non-hydrogen) atoms. The van der Waals surface area contributed by atoms with Crippen molar-refractivity contribution in [3.63, 3.8) is 0 Å². The lowest BCUT2D eigenvalue weighted by molar-refractivity contribution is -0.385. The monoisotopic (exact) mass is 274 g/mol. The first-order valence-corrected chi connectivity index (χ1v) is 5.95. The first-order chi connectivity index (χ1) is 9.51. The first kappa shape index (κ1) is 13.7. The number of hydrogen-bond donors (Lipinski definition) is 1. The zero-order chi connectivity index (χ0) is 14.7. The van der Waals surface area contributed by atoms with Crippen LogP contribution in [0.25, 0.3) is 0 Å². The zero-order valence-electron chi connectivity index (χ0n) is 11.4. The number of nitrogens with zero attached hydrogens (tertiary/aromatic N) is 3. The Kier molecular flexibility index (Phi) is 3.79. The SMILES string of the molecule is CNc1nccc(Oc2cc([N+](=O)[O-])c(C)cc2C)n1. The van der Waals surface area contributed by atoms with Gasteiger partial charge in [-0.2, -0.15) is 4.98 Å². The fraction of sp³-hybridized carbons (Fsp3) is 0.231. The molecule has 0 bridgehead atoms. The Bertz CT molecular complexity index is 658. The van der Waals surface area contributed by atoms with Gasteiger partial charge in [0.1, 0.15) is 5.75 Å². The lowest BCUT2D eigenvalue weighted by atomic mass is 10.1. The second kappa shape index (κ2) is 5.52. The van der Waals surface area contributed by atoms with Crippen molar-refractivity contribution in [2.24, 2.45) is 0 Å². The molecule has 104 valence electrons. The summed E-state index contributed by atoms with van der Waals surface area (Å²) in [6, 6.07) is 4.71. The van der Waals surface area contributed by atoms with Crippen molar-refractivity contribution in [3.8, 4) is 11.6 Å². The van der Waals surface area contributed by atoms with Crippen molar-refractivity contribution in [2.45, 2.75) is 13.8 Å². The standard InChI is InChI=1S/C13H14N4O3/c1-8-6-9(2)11(7-10(8)17(18)19)20-12-4-5-15-13(14-3)16-12/h4-7H,1-3H3,(H,14,15,16). The Labute approximate surface area is 115 Å². The van der Waals surface area contributed by atoms with Crippen molar-refractivity contribution < 1.29 is 9.66 Å². The molecule has 0 spiro atoms. The van der Waals surface area contributed by atoms with Gasteiger partial charge in [-0.3, -0.25) is 10.1 Å². The van der Waals surface area contributed by atoms with E-state index in [1.807, 2.05) is 6.92 Å². The maximum Gasteiger partial charge on any atom is 0.276 e. The molecule has 2 rings (SSSR count). The number of rotatable bonds is 4. The highest BCUT2D eigenvalue weighted by atomic mass is 16.6. The van der Waals surface area contributed by atoms with Crippen LogP contribution in [-0.2, 0) is 0 Å². The van der Waals surface area contributed by atoms with Gasteiger partial charge in [-0.25, -0.2) is 4.98 Å². The molecule has 0 aliphatic carbocycles. The third-order valence-corrected chi connectivity index (χ3v) is 2.76. The lowest BCUT2D eigenvalue weighted by Gasteiger charge is -2.09. The van der Waals surface area contributed by atoms with E-state index in [1.165, 1.54) is 6.07 Å². The summed E-state index contributed by atoms with van der Waals surface area (Å²) < 4.78 is 5.60. The number of anilines is 1. The summed E-state index contributed by atoms with van der Waals surface area (Å²) in [6.07, 6.45) is 1.55. The molecule has 1 aromatic carbocycles. The van der Waals surface area contributed by atoms with E-state index in [-0.39, 0.29) is 5.69 Å². The van der Waals surface area contributed by atoms with Crippen LogP contribution in [0.1, 0.15) is 11.1 Å². The van der Waals surface area contributed by atoms with Gasteiger partial charge < -0.3 is 10.1 Å². The molecular formula is C13H14N4O3. The second-order valence-corrected chi connectivity index (χ2v) is 4.23. The van der Waals surface area contributed by atoms with Crippen molar-refractivity contribution in [3.05, 3.63) is 45.6 Å². The summed E-state index contributed by atoms with van der Waals surface area (Å²) in [5.41, 5.74) is 1.42. The number of aromatic nitrogens is 2. The van der Waals surface area contributed by atoms with Gasteiger partial charge in [-0.15, -0.1) is 0 Å². The summed E-state index contributed by atoms with van der Waals surface area (Å²) in [5, 5.41) is 13.7. The number of hydrogen-bond acceptors (Lipinski definition) is 6. The number of benzene rings is 1. The Morgan fingerprint density at radius 2 is 2.05 bits per heavy atom. The predicted molar refractivity (Wildman–Crippen MR) is 74.2 cm³/mol. The number of aryl methyl sites for hydroxylation is 2. The highest BCUT2D eigenvalue weighted by Gasteiger charge is 2.15. The Morgan fingerprint density at radius 3 is 2.70 bits per heavy atom. The summed E-state index contributed by atoms with van der Waals surface area (Å²) >= 11 is 0. The second-order valence-electron chi connectivity index (χ2n) is 4.23. The van der Waals surface area contributed by atoms with Crippen molar-refractivity contribution in [2.75, 3.05) is 12.4 Å². The zero-order valence-corrected chi connectivity index (χ0v) is 11.4. The van der Waals surface area contributed by atoms with E-state index < -0.39 is 4.92 Å². The highest BCUT2D eigenvalue weighted by molar-refractivity contribution is 5.50. The van der Waals surface area contributed by atoms with Gasteiger partial charge in [-0.1, -0.05) is 0 Å². The van der Waals surface area contributed by atoms with Crippen LogP contribution in [0.2, 0.25) is 0 Å². The number of nitrogens with one attached hydrogen (secondary N) is 1. The lowest BCUT2D eigenvalue weighted by Crippen LogP contribution is -1.99. The molecule has 0 saturated heterocycles. The van der Waals surface area contributed by atoms with Crippen LogP contribution in [-0.4, -0.2) is 21.9 Å². The summed E-state index contributed by atoms with van der Waals surface area (Å²) in [5.74, 6) is 1.15. The molecule has 0 amide bonds. The fourth-order valence-electron chi connectivity index (χ4n) is 1.76. The fourth-order valence-corrected chi connectivity index (χ4v) is 1.76. The minimum atomic E-state index is -0.430. The summed E-state index contributed by atoms with van der Waals surface area (Å²) in [6.45, 7) is 3.52. The number of nitro benzene ring substituents is 1. The van der Waals surface area contributed by atoms with E-state index in [0.717, 1.165) is 5.56 Å². The van der Waals surface area contributed by atoms with Crippen LogP contribution in [0.5, 0.6) is 11.6 Å². The van der Waals surface area contributed by atoms with Crippen LogP contribution < -0.4 is 10.1 Å². The quantitative estimate of drug-likeness (QED) is 0.681. The van der Waals surface area contributed by atoms with Crippen molar-refractivity contribution in [1.82, 2.24) is 9.97 Å². The average molecular weight is 274 g/mol. The van der Waals surface area contributed by atoms with Gasteiger partial charge in [0.2, 0.25) is 11.8 Å². The minimum Gasteiger partial charge on any atom is -0.438 e. The topological polar surface area (TPSA) is 90.2 Å². The van der Waals surface area contributed by atoms with Gasteiger partial charge in [0, 0.05) is 24.9 Å². The Morgan fingerprint density at radius 1 is 1.30 bits per heavy atom. The highest BCUT2D eigenvalue weighted by Crippen LogP contribution is 2.30. The average Bonchev–Trinajstić information content (AvgIpc) is 2.41. The number of ether oxygens (including phenoxy) is 1. The van der Waals surface area contributed by atoms with E-state index >= 15 is 0 Å². The molecule has 0 unspecified atom stereocenters. The van der Waals surface area contributed by atoms with Crippen LogP contribution in [0, 0.1) is 24.0 Å². The normalized spacial score (nSPS) is 10.2. The van der Waals surface area contributed by atoms with E-state index in [0.29, 0.717) is 23.1 Å². The molecule has 0 aliphatic rings. The molecule has 2 aromatic rings. The van der Waals surface area contributed by atoms with Crippen molar-refractivity contribution in [1.29, 1.82) is 0 Å². The molecule has 0 atom stereocenters. The molecule has 7 nitrogen and oxygen atoms in total. The molecule has 0 saturated carbocycles. The van der Waals surface area contributed by atoms with E-state index in [4.69, 9.17) is 4.74 Å². The van der Waals surface area contributed by atoms with E-state index in [2.05, 4.69) is 15.3 Å². The van der Waals surface area contributed by atoms with Gasteiger partial charge in [0.25, 0.3) is 5.69 Å². The molecule has 1 aromatic heterocycles. The van der Waals surface area contributed by atoms with E-state index in [9.17, 15) is 10.1 Å². The van der Waals surface area contributed by atoms with Crippen molar-refractivity contribution >= 4 is 11.6 Å². The third kappa shape index (κ3) is 2.82. The maximum absolute atomic E-state index is 11.0.